The van der Waals surface area contributed by atoms with Crippen LogP contribution in [0.5, 0.6) is 17.2 Å². The number of methoxy groups -OCH3 is 1. The zero-order valence-electron chi connectivity index (χ0n) is 18.6. The fraction of sp³-hybridized carbons (Fsp3) is 0.240. The first-order valence-corrected chi connectivity index (χ1v) is 12.3. The summed E-state index contributed by atoms with van der Waals surface area (Å²) in [5.41, 5.74) is 2.31. The van der Waals surface area contributed by atoms with E-state index in [2.05, 4.69) is 4.90 Å². The lowest BCUT2D eigenvalue weighted by atomic mass is 10.1. The second-order valence-corrected chi connectivity index (χ2v) is 9.93. The molecule has 7 nitrogen and oxygen atoms in total. The third-order valence-corrected chi connectivity index (χ3v) is 8.05. The number of ether oxygens (including phenoxy) is 2. The van der Waals surface area contributed by atoms with E-state index < -0.39 is 10.0 Å². The van der Waals surface area contributed by atoms with Crippen molar-refractivity contribution in [2.24, 2.45) is 4.99 Å². The number of aliphatic imine (C=N–C) groups is 1. The normalized spacial score (nSPS) is 16.2. The molecule has 2 heterocycles. The van der Waals surface area contributed by atoms with Crippen molar-refractivity contribution >= 4 is 21.5 Å². The molecule has 0 N–H and O–H groups in total. The van der Waals surface area contributed by atoms with Crippen LogP contribution in [0.1, 0.15) is 11.1 Å². The maximum Gasteiger partial charge on any atom is 0.243 e. The van der Waals surface area contributed by atoms with Gasteiger partial charge in [0.25, 0.3) is 0 Å². The minimum absolute atomic E-state index is 0.364. The summed E-state index contributed by atoms with van der Waals surface area (Å²) < 4.78 is 39.6. The molecule has 0 bridgehead atoms. The van der Waals surface area contributed by atoms with Crippen molar-refractivity contribution in [3.8, 4) is 17.2 Å². The van der Waals surface area contributed by atoms with Crippen LogP contribution in [0.3, 0.4) is 0 Å². The SMILES string of the molecule is COc1ccc2c(c1)C(N1CCN(S(=O)(=O)c3ccccc3C)CC1)=Nc1ccccc1O2. The highest BCUT2D eigenvalue weighted by Gasteiger charge is 2.32. The number of amidine groups is 1. The van der Waals surface area contributed by atoms with Gasteiger partial charge < -0.3 is 14.4 Å². The summed E-state index contributed by atoms with van der Waals surface area (Å²) in [6, 6.07) is 20.4. The summed E-state index contributed by atoms with van der Waals surface area (Å²) in [5, 5.41) is 0. The van der Waals surface area contributed by atoms with Gasteiger partial charge in [-0.15, -0.1) is 0 Å². The van der Waals surface area contributed by atoms with Gasteiger partial charge in [-0.1, -0.05) is 30.3 Å². The molecule has 5 rings (SSSR count). The van der Waals surface area contributed by atoms with Crippen molar-refractivity contribution in [2.75, 3.05) is 33.3 Å². The molecule has 0 radical (unpaired) electrons. The van der Waals surface area contributed by atoms with Crippen LogP contribution >= 0.6 is 0 Å². The Morgan fingerprint density at radius 1 is 0.909 bits per heavy atom. The maximum atomic E-state index is 13.2. The molecule has 2 aliphatic rings. The quantitative estimate of drug-likeness (QED) is 0.582. The molecule has 1 fully saturated rings. The van der Waals surface area contributed by atoms with Crippen LogP contribution in [0.15, 0.2) is 76.6 Å². The maximum absolute atomic E-state index is 13.2. The third-order valence-electron chi connectivity index (χ3n) is 5.99. The van der Waals surface area contributed by atoms with Crippen LogP contribution in [-0.4, -0.2) is 56.7 Å². The van der Waals surface area contributed by atoms with E-state index in [0.717, 1.165) is 22.6 Å². The van der Waals surface area contributed by atoms with Crippen molar-refractivity contribution in [1.82, 2.24) is 9.21 Å². The number of piperazine rings is 1. The molecule has 0 aliphatic carbocycles. The Morgan fingerprint density at radius 3 is 2.39 bits per heavy atom. The van der Waals surface area contributed by atoms with Gasteiger partial charge in [-0.05, 0) is 48.9 Å². The predicted octanol–water partition coefficient (Wildman–Crippen LogP) is 4.19. The molecular formula is C25H25N3O4S. The second-order valence-electron chi connectivity index (χ2n) is 8.02. The fourth-order valence-corrected chi connectivity index (χ4v) is 5.84. The Bertz CT molecular complexity index is 1330. The largest absolute Gasteiger partial charge is 0.497 e. The number of aryl methyl sites for hydroxylation is 1. The monoisotopic (exact) mass is 463 g/mol. The number of rotatable bonds is 3. The predicted molar refractivity (Wildman–Crippen MR) is 127 cm³/mol. The number of hydrogen-bond donors (Lipinski definition) is 0. The van der Waals surface area contributed by atoms with Crippen LogP contribution in [0.25, 0.3) is 0 Å². The molecule has 0 aromatic heterocycles. The van der Waals surface area contributed by atoms with E-state index in [1.54, 1.807) is 23.5 Å². The van der Waals surface area contributed by atoms with Gasteiger partial charge in [0.1, 0.15) is 23.0 Å². The number of hydrogen-bond acceptors (Lipinski definition) is 6. The number of sulfonamides is 1. The van der Waals surface area contributed by atoms with Crippen LogP contribution in [0.2, 0.25) is 0 Å². The molecule has 170 valence electrons. The first kappa shape index (κ1) is 21.5. The molecule has 33 heavy (non-hydrogen) atoms. The first-order chi connectivity index (χ1) is 16.0. The summed E-state index contributed by atoms with van der Waals surface area (Å²) in [5.74, 6) is 2.83. The number of benzene rings is 3. The summed E-state index contributed by atoms with van der Waals surface area (Å²) >= 11 is 0. The fourth-order valence-electron chi connectivity index (χ4n) is 4.19. The zero-order valence-corrected chi connectivity index (χ0v) is 19.4. The Kier molecular flexibility index (Phi) is 5.55. The minimum Gasteiger partial charge on any atom is -0.497 e. The number of nitrogens with zero attached hydrogens (tertiary/aromatic N) is 3. The summed E-state index contributed by atoms with van der Waals surface area (Å²) in [4.78, 5) is 7.42. The Hall–Kier alpha value is -3.36. The third kappa shape index (κ3) is 3.96. The van der Waals surface area contributed by atoms with E-state index in [4.69, 9.17) is 14.5 Å². The van der Waals surface area contributed by atoms with E-state index in [0.29, 0.717) is 48.3 Å². The Balaban J connectivity index is 1.47. The highest BCUT2D eigenvalue weighted by Crippen LogP contribution is 2.39. The average Bonchev–Trinajstić information content (AvgIpc) is 3.00. The molecule has 0 atom stereocenters. The van der Waals surface area contributed by atoms with E-state index >= 15 is 0 Å². The molecule has 8 heteroatoms. The molecule has 0 amide bonds. The Morgan fingerprint density at radius 2 is 1.64 bits per heavy atom. The summed E-state index contributed by atoms with van der Waals surface area (Å²) in [7, 11) is -1.93. The minimum atomic E-state index is -3.55. The van der Waals surface area contributed by atoms with Crippen LogP contribution in [-0.2, 0) is 10.0 Å². The second kappa shape index (κ2) is 8.53. The average molecular weight is 464 g/mol. The van der Waals surface area contributed by atoms with Crippen LogP contribution < -0.4 is 9.47 Å². The summed E-state index contributed by atoms with van der Waals surface area (Å²) in [6.07, 6.45) is 0. The topological polar surface area (TPSA) is 71.4 Å². The van der Waals surface area contributed by atoms with Gasteiger partial charge in [0.2, 0.25) is 10.0 Å². The van der Waals surface area contributed by atoms with E-state index in [9.17, 15) is 8.42 Å². The van der Waals surface area contributed by atoms with Crippen molar-refractivity contribution in [3.63, 3.8) is 0 Å². The molecule has 2 aliphatic heterocycles. The van der Waals surface area contributed by atoms with E-state index in [1.807, 2.05) is 61.5 Å². The first-order valence-electron chi connectivity index (χ1n) is 10.8. The molecule has 0 saturated carbocycles. The molecule has 3 aromatic carbocycles. The van der Waals surface area contributed by atoms with Crippen molar-refractivity contribution in [3.05, 3.63) is 77.9 Å². The van der Waals surface area contributed by atoms with E-state index in [-0.39, 0.29) is 0 Å². The molecule has 0 spiro atoms. The lowest BCUT2D eigenvalue weighted by Gasteiger charge is -2.36. The van der Waals surface area contributed by atoms with Crippen molar-refractivity contribution in [2.45, 2.75) is 11.8 Å². The van der Waals surface area contributed by atoms with Gasteiger partial charge in [-0.2, -0.15) is 4.31 Å². The van der Waals surface area contributed by atoms with Gasteiger partial charge in [-0.25, -0.2) is 13.4 Å². The standard InChI is InChI=1S/C25H25N3O4S/c1-18-7-3-6-10-24(18)33(29,30)28-15-13-27(14-16-28)25-20-17-19(31-2)11-12-22(20)32-23-9-5-4-8-21(23)26-25/h3-12,17H,13-16H2,1-2H3. The highest BCUT2D eigenvalue weighted by atomic mass is 32.2. The smallest absolute Gasteiger partial charge is 0.243 e. The zero-order chi connectivity index (χ0) is 23.0. The van der Waals surface area contributed by atoms with Gasteiger partial charge in [0, 0.05) is 26.2 Å². The molecule has 0 unspecified atom stereocenters. The number of para-hydroxylation sites is 2. The molecule has 1 saturated heterocycles. The van der Waals surface area contributed by atoms with Gasteiger partial charge >= 0.3 is 0 Å². The highest BCUT2D eigenvalue weighted by molar-refractivity contribution is 7.89. The molecule has 3 aromatic rings. The molecular weight excluding hydrogens is 438 g/mol. The van der Waals surface area contributed by atoms with E-state index in [1.165, 1.54) is 0 Å². The lowest BCUT2D eigenvalue weighted by molar-refractivity contribution is 0.266. The lowest BCUT2D eigenvalue weighted by Crippen LogP contribution is -2.50. The van der Waals surface area contributed by atoms with Crippen molar-refractivity contribution in [1.29, 1.82) is 0 Å². The van der Waals surface area contributed by atoms with Gasteiger partial charge in [0.05, 0.1) is 17.6 Å². The summed E-state index contributed by atoms with van der Waals surface area (Å²) in [6.45, 7) is 3.60. The number of fused-ring (bicyclic) bond motifs is 2. The van der Waals surface area contributed by atoms with Crippen LogP contribution in [0.4, 0.5) is 5.69 Å². The van der Waals surface area contributed by atoms with Gasteiger partial charge in [0.15, 0.2) is 5.75 Å². The van der Waals surface area contributed by atoms with Gasteiger partial charge in [-0.3, -0.25) is 0 Å². The van der Waals surface area contributed by atoms with Crippen LogP contribution in [0, 0.1) is 6.92 Å². The van der Waals surface area contributed by atoms with Crippen molar-refractivity contribution < 1.29 is 17.9 Å². The Labute approximate surface area is 193 Å².